The predicted octanol–water partition coefficient (Wildman–Crippen LogP) is 4.52. The molecule has 0 aliphatic rings. The highest BCUT2D eigenvalue weighted by atomic mass is 16.5. The number of methoxy groups -OCH3 is 1. The van der Waals surface area contributed by atoms with E-state index in [0.717, 1.165) is 11.1 Å². The summed E-state index contributed by atoms with van der Waals surface area (Å²) in [6, 6.07) is 21.3. The van der Waals surface area contributed by atoms with Gasteiger partial charge in [0.05, 0.1) is 25.8 Å². The Morgan fingerprint density at radius 3 is 2.38 bits per heavy atom. The number of benzene rings is 3. The summed E-state index contributed by atoms with van der Waals surface area (Å²) in [5, 5.41) is 11.5. The molecular formula is C30H35N5O4. The van der Waals surface area contributed by atoms with E-state index in [0.29, 0.717) is 29.2 Å². The van der Waals surface area contributed by atoms with Crippen LogP contribution in [0.25, 0.3) is 11.0 Å². The number of fused-ring (bicyclic) bond motifs is 1. The van der Waals surface area contributed by atoms with E-state index >= 15 is 0 Å². The molecule has 0 spiro atoms. The van der Waals surface area contributed by atoms with Crippen molar-refractivity contribution in [2.24, 2.45) is 0 Å². The van der Waals surface area contributed by atoms with Crippen molar-refractivity contribution >= 4 is 22.8 Å². The van der Waals surface area contributed by atoms with Gasteiger partial charge in [0.2, 0.25) is 11.8 Å². The van der Waals surface area contributed by atoms with Gasteiger partial charge in [0.1, 0.15) is 29.6 Å². The Balaban J connectivity index is 1.79. The number of carbonyl (C=O) groups excluding carboxylic acids is 2. The number of nitrogens with one attached hydrogen (secondary N) is 1. The van der Waals surface area contributed by atoms with E-state index in [1.54, 1.807) is 16.7 Å². The van der Waals surface area contributed by atoms with E-state index in [-0.39, 0.29) is 24.9 Å². The highest BCUT2D eigenvalue weighted by Gasteiger charge is 2.34. The maximum Gasteiger partial charge on any atom is 0.247 e. The lowest BCUT2D eigenvalue weighted by atomic mass is 10.0. The number of amides is 2. The molecule has 204 valence electrons. The van der Waals surface area contributed by atoms with Crippen molar-refractivity contribution in [2.45, 2.75) is 52.4 Å². The van der Waals surface area contributed by atoms with Crippen LogP contribution in [-0.2, 0) is 22.7 Å². The van der Waals surface area contributed by atoms with E-state index < -0.39 is 11.6 Å². The summed E-state index contributed by atoms with van der Waals surface area (Å²) in [6.07, 6.45) is 0. The summed E-state index contributed by atoms with van der Waals surface area (Å²) >= 11 is 0. The summed E-state index contributed by atoms with van der Waals surface area (Å²) in [4.78, 5) is 29.6. The zero-order valence-corrected chi connectivity index (χ0v) is 23.0. The molecule has 0 aliphatic heterocycles. The normalized spacial score (nSPS) is 12.1. The number of nitrogens with zero attached hydrogens (tertiary/aromatic N) is 4. The number of carbonyl (C=O) groups is 2. The van der Waals surface area contributed by atoms with Gasteiger partial charge in [-0.05, 0) is 63.6 Å². The van der Waals surface area contributed by atoms with E-state index in [2.05, 4.69) is 15.6 Å². The predicted molar refractivity (Wildman–Crippen MR) is 149 cm³/mol. The molecule has 2 amide bonds. The minimum absolute atomic E-state index is 0.0913. The van der Waals surface area contributed by atoms with Crippen LogP contribution in [0, 0.1) is 0 Å². The van der Waals surface area contributed by atoms with Gasteiger partial charge in [0, 0.05) is 11.1 Å². The fourth-order valence-electron chi connectivity index (χ4n) is 4.42. The van der Waals surface area contributed by atoms with Crippen LogP contribution in [0.5, 0.6) is 11.5 Å². The van der Waals surface area contributed by atoms with Crippen LogP contribution in [0.15, 0.2) is 72.8 Å². The Labute approximate surface area is 228 Å². The first-order chi connectivity index (χ1) is 18.7. The number of aromatic nitrogens is 3. The Kier molecular flexibility index (Phi) is 8.49. The lowest BCUT2D eigenvalue weighted by Gasteiger charge is -2.34. The van der Waals surface area contributed by atoms with Gasteiger partial charge < -0.3 is 19.7 Å². The van der Waals surface area contributed by atoms with E-state index in [9.17, 15) is 9.59 Å². The molecule has 0 fully saturated rings. The van der Waals surface area contributed by atoms with Crippen LogP contribution < -0.4 is 14.8 Å². The molecule has 1 N–H and O–H groups in total. The molecule has 0 unspecified atom stereocenters. The monoisotopic (exact) mass is 529 g/mol. The molecule has 0 bridgehead atoms. The van der Waals surface area contributed by atoms with Crippen molar-refractivity contribution < 1.29 is 19.1 Å². The lowest BCUT2D eigenvalue weighted by molar-refractivity contribution is -0.142. The lowest BCUT2D eigenvalue weighted by Crippen LogP contribution is -2.49. The zero-order valence-electron chi connectivity index (χ0n) is 23.0. The molecular weight excluding hydrogens is 494 g/mol. The highest BCUT2D eigenvalue weighted by molar-refractivity contribution is 5.89. The maximum absolute atomic E-state index is 14.1. The summed E-state index contributed by atoms with van der Waals surface area (Å²) in [5.41, 5.74) is 2.35. The van der Waals surface area contributed by atoms with Gasteiger partial charge in [-0.3, -0.25) is 9.59 Å². The van der Waals surface area contributed by atoms with Crippen LogP contribution in [0.4, 0.5) is 0 Å². The van der Waals surface area contributed by atoms with Crippen molar-refractivity contribution in [2.75, 3.05) is 13.7 Å². The SMILES string of the molecule is CCOc1ccc([C@@H](C(=O)NC(C)(C)C)N(Cc2ccccc2OC)C(=O)Cn2nnc3ccccc32)cc1. The number of rotatable bonds is 10. The molecule has 0 aliphatic carbocycles. The third kappa shape index (κ3) is 6.73. The van der Waals surface area contributed by atoms with Crippen molar-refractivity contribution in [1.82, 2.24) is 25.2 Å². The van der Waals surface area contributed by atoms with Crippen molar-refractivity contribution in [3.63, 3.8) is 0 Å². The third-order valence-electron chi connectivity index (χ3n) is 6.12. The highest BCUT2D eigenvalue weighted by Crippen LogP contribution is 2.29. The Hall–Kier alpha value is -4.40. The fourth-order valence-corrected chi connectivity index (χ4v) is 4.42. The summed E-state index contributed by atoms with van der Waals surface area (Å²) in [6.45, 7) is 8.22. The van der Waals surface area contributed by atoms with Gasteiger partial charge in [-0.25, -0.2) is 4.68 Å². The Morgan fingerprint density at radius 1 is 1.00 bits per heavy atom. The second kappa shape index (κ2) is 12.0. The average Bonchev–Trinajstić information content (AvgIpc) is 3.31. The van der Waals surface area contributed by atoms with Crippen molar-refractivity contribution in [1.29, 1.82) is 0 Å². The molecule has 0 radical (unpaired) electrons. The smallest absolute Gasteiger partial charge is 0.247 e. The van der Waals surface area contributed by atoms with Crippen LogP contribution >= 0.6 is 0 Å². The zero-order chi connectivity index (χ0) is 28.0. The summed E-state index contributed by atoms with van der Waals surface area (Å²) in [7, 11) is 1.59. The van der Waals surface area contributed by atoms with Gasteiger partial charge >= 0.3 is 0 Å². The van der Waals surface area contributed by atoms with Crippen LogP contribution in [0.1, 0.15) is 44.9 Å². The van der Waals surface area contributed by atoms with Crippen molar-refractivity contribution in [3.05, 3.63) is 83.9 Å². The second-order valence-electron chi connectivity index (χ2n) is 10.2. The maximum atomic E-state index is 14.1. The topological polar surface area (TPSA) is 98.6 Å². The van der Waals surface area contributed by atoms with Crippen LogP contribution in [-0.4, -0.2) is 51.0 Å². The number of hydrogen-bond acceptors (Lipinski definition) is 6. The molecule has 9 heteroatoms. The van der Waals surface area contributed by atoms with E-state index in [1.165, 1.54) is 0 Å². The largest absolute Gasteiger partial charge is 0.496 e. The molecule has 9 nitrogen and oxygen atoms in total. The van der Waals surface area contributed by atoms with Gasteiger partial charge in [-0.2, -0.15) is 0 Å². The molecule has 4 aromatic rings. The first-order valence-electron chi connectivity index (χ1n) is 12.9. The molecule has 0 saturated carbocycles. The minimum Gasteiger partial charge on any atom is -0.496 e. The van der Waals surface area contributed by atoms with Gasteiger partial charge in [0.15, 0.2) is 0 Å². The summed E-state index contributed by atoms with van der Waals surface area (Å²) < 4.78 is 12.7. The van der Waals surface area contributed by atoms with Crippen LogP contribution in [0.2, 0.25) is 0 Å². The minimum atomic E-state index is -0.924. The molecule has 0 saturated heterocycles. The quantitative estimate of drug-likeness (QED) is 0.324. The second-order valence-corrected chi connectivity index (χ2v) is 10.2. The summed E-state index contributed by atoms with van der Waals surface area (Å²) in [5.74, 6) is 0.731. The Morgan fingerprint density at radius 2 is 1.69 bits per heavy atom. The average molecular weight is 530 g/mol. The molecule has 3 aromatic carbocycles. The molecule has 4 rings (SSSR count). The molecule has 1 aromatic heterocycles. The van der Waals surface area contributed by atoms with Gasteiger partial charge in [-0.15, -0.1) is 5.10 Å². The van der Waals surface area contributed by atoms with Gasteiger partial charge in [0.25, 0.3) is 0 Å². The van der Waals surface area contributed by atoms with E-state index in [1.807, 2.05) is 100 Å². The molecule has 1 atom stereocenters. The number of ether oxygens (including phenoxy) is 2. The third-order valence-corrected chi connectivity index (χ3v) is 6.12. The van der Waals surface area contributed by atoms with Crippen molar-refractivity contribution in [3.8, 4) is 11.5 Å². The Bertz CT molecular complexity index is 1430. The number of para-hydroxylation sites is 2. The molecule has 1 heterocycles. The fraction of sp³-hybridized carbons (Fsp3) is 0.333. The standard InChI is InChI=1S/C30H35N5O4/c1-6-39-23-17-15-21(16-18-23)28(29(37)31-30(2,3)4)34(19-22-11-7-10-14-26(22)38-5)27(36)20-35-25-13-9-8-12-24(25)32-33-35/h7-18,28H,6,19-20H2,1-5H3,(H,31,37)/t28-/m0/s1. The first kappa shape index (κ1) is 27.6. The van der Waals surface area contributed by atoms with Gasteiger partial charge in [-0.1, -0.05) is 47.7 Å². The number of hydrogen-bond donors (Lipinski definition) is 1. The molecule has 39 heavy (non-hydrogen) atoms. The first-order valence-corrected chi connectivity index (χ1v) is 12.9. The van der Waals surface area contributed by atoms with Crippen LogP contribution in [0.3, 0.4) is 0 Å². The van der Waals surface area contributed by atoms with E-state index in [4.69, 9.17) is 9.47 Å².